The number of nitrogens with zero attached hydrogens (tertiary/aromatic N) is 2. The lowest BCUT2D eigenvalue weighted by Crippen LogP contribution is -2.22. The van der Waals surface area contributed by atoms with E-state index in [4.69, 9.17) is 14.6 Å². The Morgan fingerprint density at radius 1 is 1.31 bits per heavy atom. The van der Waals surface area contributed by atoms with Crippen LogP contribution >= 0.6 is 0 Å². The molecule has 138 valence electrons. The van der Waals surface area contributed by atoms with Crippen molar-refractivity contribution >= 4 is 17.6 Å². The first-order valence-corrected chi connectivity index (χ1v) is 8.42. The number of carboxylic acids is 1. The average Bonchev–Trinajstić information content (AvgIpc) is 3.03. The second-order valence-corrected chi connectivity index (χ2v) is 6.09. The fourth-order valence-corrected chi connectivity index (χ4v) is 2.92. The monoisotopic (exact) mass is 359 g/mol. The predicted molar refractivity (Wildman–Crippen MR) is 93.6 cm³/mol. The molecular formula is C18H21N3O5. The fraction of sp³-hybridized carbons (Fsp3) is 0.389. The molecule has 0 radical (unpaired) electrons. The molecular weight excluding hydrogens is 338 g/mol. The van der Waals surface area contributed by atoms with Crippen LogP contribution in [0.15, 0.2) is 30.5 Å². The van der Waals surface area contributed by atoms with Gasteiger partial charge in [-0.1, -0.05) is 0 Å². The molecule has 0 saturated carbocycles. The van der Waals surface area contributed by atoms with Crippen molar-refractivity contribution in [3.63, 3.8) is 0 Å². The van der Waals surface area contributed by atoms with Gasteiger partial charge in [-0.3, -0.25) is 9.48 Å². The lowest BCUT2D eigenvalue weighted by molar-refractivity contribution is -0.139. The number of amides is 1. The smallest absolute Gasteiger partial charge is 0.341 e. The molecule has 0 bridgehead atoms. The molecule has 1 amide bonds. The minimum absolute atomic E-state index is 0.236. The molecule has 1 aliphatic heterocycles. The third kappa shape index (κ3) is 4.20. The fourth-order valence-electron chi connectivity index (χ4n) is 2.92. The van der Waals surface area contributed by atoms with Crippen LogP contribution in [0.2, 0.25) is 0 Å². The van der Waals surface area contributed by atoms with Crippen LogP contribution in [0.4, 0.5) is 5.69 Å². The minimum Gasteiger partial charge on any atom is -0.482 e. The van der Waals surface area contributed by atoms with Crippen molar-refractivity contribution in [3.8, 4) is 5.75 Å². The molecule has 2 N–H and O–H groups in total. The largest absolute Gasteiger partial charge is 0.482 e. The van der Waals surface area contributed by atoms with Crippen LogP contribution in [0.5, 0.6) is 5.75 Å². The zero-order valence-electron chi connectivity index (χ0n) is 14.5. The van der Waals surface area contributed by atoms with Crippen LogP contribution in [-0.4, -0.2) is 46.6 Å². The van der Waals surface area contributed by atoms with Crippen molar-refractivity contribution in [1.82, 2.24) is 9.78 Å². The number of anilines is 1. The first kappa shape index (κ1) is 17.9. The van der Waals surface area contributed by atoms with Crippen molar-refractivity contribution in [2.24, 2.45) is 0 Å². The van der Waals surface area contributed by atoms with E-state index < -0.39 is 12.6 Å². The molecule has 2 aromatic rings. The SMILES string of the molecule is Cc1c(C(=O)Nc2ccc(OCC(=O)O)cc2)cnn1C1CCOCC1. The van der Waals surface area contributed by atoms with E-state index in [0.29, 0.717) is 30.2 Å². The normalized spacial score (nSPS) is 14.8. The Labute approximate surface area is 150 Å². The van der Waals surface area contributed by atoms with Crippen LogP contribution in [-0.2, 0) is 9.53 Å². The first-order valence-electron chi connectivity index (χ1n) is 8.42. The molecule has 0 unspecified atom stereocenters. The Morgan fingerprint density at radius 2 is 2.00 bits per heavy atom. The van der Waals surface area contributed by atoms with E-state index in [1.807, 2.05) is 11.6 Å². The molecule has 1 aromatic carbocycles. The summed E-state index contributed by atoms with van der Waals surface area (Å²) in [7, 11) is 0. The second kappa shape index (κ2) is 8.01. The number of aromatic nitrogens is 2. The van der Waals surface area contributed by atoms with E-state index in [1.54, 1.807) is 30.5 Å². The topological polar surface area (TPSA) is 103 Å². The standard InChI is InChI=1S/C18H21N3O5/c1-12-16(10-19-21(12)14-6-8-25-9-7-14)18(24)20-13-2-4-15(5-3-13)26-11-17(22)23/h2-5,10,14H,6-9,11H2,1H3,(H,20,24)(H,22,23). The van der Waals surface area contributed by atoms with E-state index in [0.717, 1.165) is 18.5 Å². The maximum Gasteiger partial charge on any atom is 0.341 e. The van der Waals surface area contributed by atoms with Gasteiger partial charge in [-0.2, -0.15) is 5.10 Å². The van der Waals surface area contributed by atoms with E-state index in [1.165, 1.54) is 0 Å². The number of aliphatic carboxylic acids is 1. The van der Waals surface area contributed by atoms with Gasteiger partial charge in [0.05, 0.1) is 17.8 Å². The van der Waals surface area contributed by atoms with E-state index >= 15 is 0 Å². The highest BCUT2D eigenvalue weighted by atomic mass is 16.5. The molecule has 2 heterocycles. The summed E-state index contributed by atoms with van der Waals surface area (Å²) < 4.78 is 12.3. The maximum atomic E-state index is 12.5. The summed E-state index contributed by atoms with van der Waals surface area (Å²) in [6.45, 7) is 2.90. The molecule has 1 fully saturated rings. The molecule has 8 heteroatoms. The molecule has 0 spiro atoms. The number of benzene rings is 1. The van der Waals surface area contributed by atoms with Crippen LogP contribution in [0.1, 0.15) is 34.9 Å². The molecule has 0 atom stereocenters. The molecule has 1 saturated heterocycles. The van der Waals surface area contributed by atoms with Gasteiger partial charge in [0, 0.05) is 24.6 Å². The number of hydrogen-bond donors (Lipinski definition) is 2. The Kier molecular flexibility index (Phi) is 5.52. The van der Waals surface area contributed by atoms with Crippen molar-refractivity contribution < 1.29 is 24.2 Å². The quantitative estimate of drug-likeness (QED) is 0.820. The number of carbonyl (C=O) groups is 2. The Balaban J connectivity index is 1.64. The molecule has 1 aromatic heterocycles. The van der Waals surface area contributed by atoms with Gasteiger partial charge in [0.25, 0.3) is 5.91 Å². The molecule has 1 aliphatic rings. The lowest BCUT2D eigenvalue weighted by atomic mass is 10.1. The Bertz CT molecular complexity index is 779. The van der Waals surface area contributed by atoms with Crippen LogP contribution in [0, 0.1) is 6.92 Å². The van der Waals surface area contributed by atoms with E-state index in [2.05, 4.69) is 10.4 Å². The number of hydrogen-bond acceptors (Lipinski definition) is 5. The number of ether oxygens (including phenoxy) is 2. The summed E-state index contributed by atoms with van der Waals surface area (Å²) in [4.78, 5) is 23.0. The molecule has 0 aliphatic carbocycles. The van der Waals surface area contributed by atoms with Crippen molar-refractivity contribution in [2.45, 2.75) is 25.8 Å². The minimum atomic E-state index is -1.04. The summed E-state index contributed by atoms with van der Waals surface area (Å²) in [6, 6.07) is 6.80. The van der Waals surface area contributed by atoms with Gasteiger partial charge >= 0.3 is 5.97 Å². The van der Waals surface area contributed by atoms with Crippen LogP contribution in [0.3, 0.4) is 0 Å². The zero-order chi connectivity index (χ0) is 18.5. The van der Waals surface area contributed by atoms with E-state index in [-0.39, 0.29) is 11.9 Å². The van der Waals surface area contributed by atoms with Gasteiger partial charge in [0.1, 0.15) is 5.75 Å². The van der Waals surface area contributed by atoms with Gasteiger partial charge in [-0.05, 0) is 44.0 Å². The van der Waals surface area contributed by atoms with E-state index in [9.17, 15) is 9.59 Å². The van der Waals surface area contributed by atoms with Gasteiger partial charge < -0.3 is 19.9 Å². The lowest BCUT2D eigenvalue weighted by Gasteiger charge is -2.23. The van der Waals surface area contributed by atoms with Gasteiger partial charge in [-0.15, -0.1) is 0 Å². The summed E-state index contributed by atoms with van der Waals surface area (Å²) in [5.41, 5.74) is 1.95. The first-order chi connectivity index (χ1) is 12.5. The second-order valence-electron chi connectivity index (χ2n) is 6.09. The highest BCUT2D eigenvalue weighted by Crippen LogP contribution is 2.24. The number of carbonyl (C=O) groups excluding carboxylic acids is 1. The number of rotatable bonds is 6. The van der Waals surface area contributed by atoms with Crippen LogP contribution in [0.25, 0.3) is 0 Å². The Hall–Kier alpha value is -2.87. The third-order valence-electron chi connectivity index (χ3n) is 4.30. The third-order valence-corrected chi connectivity index (χ3v) is 4.30. The average molecular weight is 359 g/mol. The van der Waals surface area contributed by atoms with Gasteiger partial charge in [0.2, 0.25) is 0 Å². The highest BCUT2D eigenvalue weighted by Gasteiger charge is 2.21. The predicted octanol–water partition coefficient (Wildman–Crippen LogP) is 2.26. The number of nitrogens with one attached hydrogen (secondary N) is 1. The van der Waals surface area contributed by atoms with Crippen LogP contribution < -0.4 is 10.1 Å². The maximum absolute atomic E-state index is 12.5. The van der Waals surface area contributed by atoms with Gasteiger partial charge in [-0.25, -0.2) is 4.79 Å². The van der Waals surface area contributed by atoms with Crippen molar-refractivity contribution in [2.75, 3.05) is 25.1 Å². The van der Waals surface area contributed by atoms with Gasteiger partial charge in [0.15, 0.2) is 6.61 Å². The summed E-state index contributed by atoms with van der Waals surface area (Å²) in [5, 5.41) is 15.8. The number of carboxylic acid groups (broad SMARTS) is 1. The zero-order valence-corrected chi connectivity index (χ0v) is 14.5. The van der Waals surface area contributed by atoms with Crippen molar-refractivity contribution in [1.29, 1.82) is 0 Å². The summed E-state index contributed by atoms with van der Waals surface area (Å²) >= 11 is 0. The molecule has 26 heavy (non-hydrogen) atoms. The van der Waals surface area contributed by atoms with Crippen molar-refractivity contribution in [3.05, 3.63) is 41.7 Å². The summed E-state index contributed by atoms with van der Waals surface area (Å²) in [6.07, 6.45) is 3.37. The molecule has 8 nitrogen and oxygen atoms in total. The Morgan fingerprint density at radius 3 is 2.65 bits per heavy atom. The molecule has 3 rings (SSSR count). The summed E-state index contributed by atoms with van der Waals surface area (Å²) in [5.74, 6) is -0.853. The highest BCUT2D eigenvalue weighted by molar-refractivity contribution is 6.04.